The van der Waals surface area contributed by atoms with Crippen LogP contribution in [-0.2, 0) is 4.79 Å². The lowest BCUT2D eigenvalue weighted by Gasteiger charge is -2.03. The second-order valence-corrected chi connectivity index (χ2v) is 4.41. The van der Waals surface area contributed by atoms with Crippen LogP contribution in [0.3, 0.4) is 0 Å². The van der Waals surface area contributed by atoms with Crippen LogP contribution in [0.5, 0.6) is 0 Å². The molecule has 2 nitrogen and oxygen atoms in total. The van der Waals surface area contributed by atoms with Gasteiger partial charge in [-0.3, -0.25) is 4.79 Å². The Bertz CT molecular complexity index is 718. The van der Waals surface area contributed by atoms with Gasteiger partial charge in [0.15, 0.2) is 5.78 Å². The highest BCUT2D eigenvalue weighted by Crippen LogP contribution is 2.26. The van der Waals surface area contributed by atoms with Gasteiger partial charge < -0.3 is 0 Å². The molecule has 0 unspecified atom stereocenters. The molecule has 2 heteroatoms. The monoisotopic (exact) mass is 247 g/mol. The highest BCUT2D eigenvalue weighted by atomic mass is 16.1. The Kier molecular flexibility index (Phi) is 3.07. The van der Waals surface area contributed by atoms with Gasteiger partial charge in [-0.15, -0.1) is 0 Å². The van der Waals surface area contributed by atoms with Crippen molar-refractivity contribution in [1.29, 1.82) is 0 Å². The Hall–Kier alpha value is -2.48. The number of aliphatic imine (C=N–C) groups is 1. The second kappa shape index (κ2) is 5.02. The van der Waals surface area contributed by atoms with E-state index in [1.165, 1.54) is 0 Å². The van der Waals surface area contributed by atoms with Crippen molar-refractivity contribution in [2.24, 2.45) is 4.99 Å². The van der Waals surface area contributed by atoms with Crippen molar-refractivity contribution >= 4 is 28.0 Å². The fraction of sp³-hybridized carbons (Fsp3) is 0.0588. The summed E-state index contributed by atoms with van der Waals surface area (Å²) in [5.74, 6) is -0.0158. The van der Waals surface area contributed by atoms with E-state index in [1.54, 1.807) is 12.2 Å². The van der Waals surface area contributed by atoms with E-state index in [2.05, 4.69) is 4.99 Å². The van der Waals surface area contributed by atoms with Crippen LogP contribution in [0.25, 0.3) is 10.8 Å². The van der Waals surface area contributed by atoms with Gasteiger partial charge in [0.25, 0.3) is 0 Å². The summed E-state index contributed by atoms with van der Waals surface area (Å²) in [7, 11) is 0. The van der Waals surface area contributed by atoms with E-state index in [0.717, 1.165) is 16.5 Å². The van der Waals surface area contributed by atoms with Crippen molar-refractivity contribution in [2.75, 3.05) is 0 Å². The average Bonchev–Trinajstić information content (AvgIpc) is 2.65. The number of benzene rings is 2. The van der Waals surface area contributed by atoms with Crippen LogP contribution in [0.4, 0.5) is 5.69 Å². The number of nitrogens with zero attached hydrogens (tertiary/aromatic N) is 1. The zero-order valence-corrected chi connectivity index (χ0v) is 10.4. The maximum atomic E-state index is 11.9. The molecule has 0 saturated carbocycles. The largest absolute Gasteiger partial charge is 0.288 e. The van der Waals surface area contributed by atoms with Gasteiger partial charge in [-0.25, -0.2) is 4.99 Å². The summed E-state index contributed by atoms with van der Waals surface area (Å²) in [6.45, 7) is 0. The number of allylic oxidation sites excluding steroid dienone is 4. The fourth-order valence-electron chi connectivity index (χ4n) is 2.15. The van der Waals surface area contributed by atoms with Crippen molar-refractivity contribution in [3.05, 3.63) is 66.8 Å². The van der Waals surface area contributed by atoms with Crippen molar-refractivity contribution in [1.82, 2.24) is 0 Å². The third-order valence-corrected chi connectivity index (χ3v) is 3.11. The van der Waals surface area contributed by atoms with Crippen LogP contribution < -0.4 is 0 Å². The van der Waals surface area contributed by atoms with Gasteiger partial charge in [-0.2, -0.15) is 0 Å². The molecule has 19 heavy (non-hydrogen) atoms. The molecule has 92 valence electrons. The highest BCUT2D eigenvalue weighted by Gasteiger charge is 2.09. The summed E-state index contributed by atoms with van der Waals surface area (Å²) in [4.78, 5) is 16.4. The molecule has 0 spiro atoms. The Morgan fingerprint density at radius 2 is 1.79 bits per heavy atom. The van der Waals surface area contributed by atoms with E-state index in [-0.39, 0.29) is 5.78 Å². The third-order valence-electron chi connectivity index (χ3n) is 3.11. The molecule has 0 fully saturated rings. The molecule has 0 heterocycles. The lowest BCUT2D eigenvalue weighted by atomic mass is 10.1. The summed E-state index contributed by atoms with van der Waals surface area (Å²) < 4.78 is 0. The molecule has 3 rings (SSSR count). The van der Waals surface area contributed by atoms with Crippen LogP contribution in [0.2, 0.25) is 0 Å². The van der Waals surface area contributed by atoms with E-state index in [9.17, 15) is 4.79 Å². The van der Waals surface area contributed by atoms with E-state index in [4.69, 9.17) is 0 Å². The zero-order chi connectivity index (χ0) is 13.1. The molecular formula is C17H13NO. The van der Waals surface area contributed by atoms with Crippen molar-refractivity contribution in [2.45, 2.75) is 6.42 Å². The zero-order valence-electron chi connectivity index (χ0n) is 10.4. The predicted octanol–water partition coefficient (Wildman–Crippen LogP) is 4.00. The smallest absolute Gasteiger partial charge is 0.200 e. The lowest BCUT2D eigenvalue weighted by molar-refractivity contribution is -0.108. The molecule has 0 radical (unpaired) electrons. The maximum Gasteiger partial charge on any atom is 0.200 e. The minimum Gasteiger partial charge on any atom is -0.288 e. The summed E-state index contributed by atoms with van der Waals surface area (Å²) >= 11 is 0. The summed E-state index contributed by atoms with van der Waals surface area (Å²) in [5, 5.41) is 2.21. The van der Waals surface area contributed by atoms with E-state index >= 15 is 0 Å². The molecule has 0 atom stereocenters. The molecule has 0 bridgehead atoms. The molecule has 1 aliphatic rings. The minimum atomic E-state index is -0.0158. The summed E-state index contributed by atoms with van der Waals surface area (Å²) in [6, 6.07) is 14.0. The first-order valence-corrected chi connectivity index (χ1v) is 6.27. The second-order valence-electron chi connectivity index (χ2n) is 4.41. The first-order chi connectivity index (χ1) is 9.34. The molecule has 1 aliphatic carbocycles. The SMILES string of the molecule is O=C1C=CC=CCC1=Nc1cccc2ccccc12. The van der Waals surface area contributed by atoms with E-state index in [0.29, 0.717) is 12.1 Å². The van der Waals surface area contributed by atoms with Crippen molar-refractivity contribution in [3.63, 3.8) is 0 Å². The Balaban J connectivity index is 2.12. The number of fused-ring (bicyclic) bond motifs is 1. The molecule has 0 saturated heterocycles. The first kappa shape index (κ1) is 11.6. The van der Waals surface area contributed by atoms with E-state index in [1.807, 2.05) is 54.6 Å². The molecule has 0 aliphatic heterocycles. The van der Waals surface area contributed by atoms with Gasteiger partial charge in [-0.05, 0) is 17.5 Å². The summed E-state index contributed by atoms with van der Waals surface area (Å²) in [5.41, 5.74) is 1.44. The quantitative estimate of drug-likeness (QED) is 0.749. The van der Waals surface area contributed by atoms with Crippen LogP contribution >= 0.6 is 0 Å². The third kappa shape index (κ3) is 2.38. The van der Waals surface area contributed by atoms with Crippen LogP contribution in [0, 0.1) is 0 Å². The molecule has 0 amide bonds. The van der Waals surface area contributed by atoms with E-state index < -0.39 is 0 Å². The van der Waals surface area contributed by atoms with Gasteiger partial charge in [0, 0.05) is 11.8 Å². The van der Waals surface area contributed by atoms with Crippen molar-refractivity contribution in [3.8, 4) is 0 Å². The number of hydrogen-bond acceptors (Lipinski definition) is 2. The molecule has 0 aromatic heterocycles. The standard InChI is InChI=1S/C17H13NO/c19-17-12-3-1-2-10-16(17)18-15-11-6-8-13-7-4-5-9-14(13)15/h1-9,11-12H,10H2. The van der Waals surface area contributed by atoms with Crippen LogP contribution in [0.15, 0.2) is 71.8 Å². The Labute approximate surface area is 111 Å². The van der Waals surface area contributed by atoms with Crippen LogP contribution in [0.1, 0.15) is 6.42 Å². The number of hydrogen-bond donors (Lipinski definition) is 0. The van der Waals surface area contributed by atoms with Crippen molar-refractivity contribution < 1.29 is 4.79 Å². The fourth-order valence-corrected chi connectivity index (χ4v) is 2.15. The molecule has 0 N–H and O–H groups in total. The normalized spacial score (nSPS) is 17.1. The van der Waals surface area contributed by atoms with Gasteiger partial charge in [0.05, 0.1) is 11.4 Å². The number of carbonyl (C=O) groups is 1. The summed E-state index contributed by atoms with van der Waals surface area (Å²) in [6.07, 6.45) is 7.73. The average molecular weight is 247 g/mol. The topological polar surface area (TPSA) is 29.4 Å². The highest BCUT2D eigenvalue weighted by molar-refractivity contribution is 6.45. The molecular weight excluding hydrogens is 234 g/mol. The lowest BCUT2D eigenvalue weighted by Crippen LogP contribution is -2.08. The number of rotatable bonds is 1. The van der Waals surface area contributed by atoms with Gasteiger partial charge in [-0.1, -0.05) is 54.6 Å². The maximum absolute atomic E-state index is 11.9. The predicted molar refractivity (Wildman–Crippen MR) is 78.9 cm³/mol. The molecule has 2 aromatic carbocycles. The van der Waals surface area contributed by atoms with Gasteiger partial charge in [0.2, 0.25) is 0 Å². The van der Waals surface area contributed by atoms with Crippen LogP contribution in [-0.4, -0.2) is 11.5 Å². The number of carbonyl (C=O) groups excluding carboxylic acids is 1. The first-order valence-electron chi connectivity index (χ1n) is 6.27. The Morgan fingerprint density at radius 1 is 0.947 bits per heavy atom. The van der Waals surface area contributed by atoms with Gasteiger partial charge >= 0.3 is 0 Å². The number of ketones is 1. The van der Waals surface area contributed by atoms with Gasteiger partial charge in [0.1, 0.15) is 0 Å². The minimum absolute atomic E-state index is 0.0158. The Morgan fingerprint density at radius 3 is 2.74 bits per heavy atom. The molecule has 2 aromatic rings.